The van der Waals surface area contributed by atoms with E-state index in [1.54, 1.807) is 0 Å². The first-order valence-electron chi connectivity index (χ1n) is 8.40. The van der Waals surface area contributed by atoms with Crippen LogP contribution in [0.4, 0.5) is 0 Å². The molecule has 0 fully saturated rings. The Bertz CT molecular complexity index is 819. The molecule has 0 spiro atoms. The van der Waals surface area contributed by atoms with Gasteiger partial charge in [-0.1, -0.05) is 49.8 Å². The zero-order valence-electron chi connectivity index (χ0n) is 15.5. The summed E-state index contributed by atoms with van der Waals surface area (Å²) in [6.07, 6.45) is 2.91. The van der Waals surface area contributed by atoms with Crippen LogP contribution in [0.15, 0.2) is 35.9 Å². The Balaban J connectivity index is 2.68. The molecule has 134 valence electrons. The van der Waals surface area contributed by atoms with Crippen LogP contribution in [0.3, 0.4) is 0 Å². The average molecular weight is 359 g/mol. The number of allylic oxidation sites excluding steroid dienone is 1. The van der Waals surface area contributed by atoms with E-state index in [4.69, 9.17) is 4.74 Å². The Kier molecular flexibility index (Phi) is 5.83. The lowest BCUT2D eigenvalue weighted by molar-refractivity contribution is -0.120. The quantitative estimate of drug-likeness (QED) is 0.417. The maximum Gasteiger partial charge on any atom is 0.298 e. The van der Waals surface area contributed by atoms with Gasteiger partial charge in [0.15, 0.2) is 0 Å². The largest absolute Gasteiger partial charge is 0.507 e. The summed E-state index contributed by atoms with van der Waals surface area (Å²) in [5.41, 5.74) is 2.46. The van der Waals surface area contributed by atoms with Gasteiger partial charge in [-0.15, -0.1) is 0 Å². The number of phenolic OH excluding ortho intramolecular Hbond substituents is 1. The molecule has 2 rings (SSSR count). The number of carbonyl (C=O) groups excluding carboxylic acids is 1. The van der Waals surface area contributed by atoms with Crippen molar-refractivity contribution < 1.29 is 14.6 Å². The fourth-order valence-corrected chi connectivity index (χ4v) is 3.34. The molecule has 0 saturated heterocycles. The van der Waals surface area contributed by atoms with Crippen molar-refractivity contribution in [2.75, 3.05) is 0 Å². The highest BCUT2D eigenvalue weighted by molar-refractivity contribution is 7.81. The molecule has 1 N–H and O–H groups in total. The molecule has 0 amide bonds. The number of aromatic hydroxyl groups is 1. The monoisotopic (exact) mass is 358 g/mol. The fourth-order valence-electron chi connectivity index (χ4n) is 3.23. The molecule has 0 aromatic heterocycles. The molecule has 0 saturated carbocycles. The molecule has 0 aliphatic heterocycles. The van der Waals surface area contributed by atoms with Crippen LogP contribution in [0.1, 0.15) is 45.2 Å². The predicted molar refractivity (Wildman–Crippen MR) is 107 cm³/mol. The van der Waals surface area contributed by atoms with Gasteiger partial charge in [-0.2, -0.15) is 12.6 Å². The van der Waals surface area contributed by atoms with E-state index in [-0.39, 0.29) is 16.4 Å². The Morgan fingerprint density at radius 1 is 1.32 bits per heavy atom. The third kappa shape index (κ3) is 3.84. The van der Waals surface area contributed by atoms with E-state index in [0.29, 0.717) is 17.6 Å². The van der Waals surface area contributed by atoms with Crippen molar-refractivity contribution in [3.8, 4) is 11.5 Å². The number of hydrogen-bond acceptors (Lipinski definition) is 4. The Hall–Kier alpha value is -1.94. The smallest absolute Gasteiger partial charge is 0.298 e. The van der Waals surface area contributed by atoms with E-state index >= 15 is 0 Å². The maximum absolute atomic E-state index is 11.0. The summed E-state index contributed by atoms with van der Waals surface area (Å²) >= 11 is 4.47. The van der Waals surface area contributed by atoms with Gasteiger partial charge in [0.05, 0.1) is 0 Å². The molecule has 25 heavy (non-hydrogen) atoms. The lowest BCUT2D eigenvalue weighted by atomic mass is 9.77. The third-order valence-electron chi connectivity index (χ3n) is 4.82. The van der Waals surface area contributed by atoms with E-state index in [9.17, 15) is 9.90 Å². The number of fused-ring (bicyclic) bond motifs is 1. The summed E-state index contributed by atoms with van der Waals surface area (Å²) in [5.74, 6) is 0.760. The van der Waals surface area contributed by atoms with Gasteiger partial charge in [0.1, 0.15) is 11.5 Å². The number of carbonyl (C=O) groups is 1. The molecule has 3 nitrogen and oxygen atoms in total. The zero-order valence-corrected chi connectivity index (χ0v) is 16.4. The molecular formula is C21H26O3S. The van der Waals surface area contributed by atoms with Crippen LogP contribution < -0.4 is 4.74 Å². The van der Waals surface area contributed by atoms with Crippen molar-refractivity contribution in [1.82, 2.24) is 0 Å². The highest BCUT2D eigenvalue weighted by atomic mass is 32.1. The summed E-state index contributed by atoms with van der Waals surface area (Å²) in [7, 11) is 0. The van der Waals surface area contributed by atoms with Gasteiger partial charge in [0, 0.05) is 21.6 Å². The van der Waals surface area contributed by atoms with Crippen molar-refractivity contribution >= 4 is 29.9 Å². The van der Waals surface area contributed by atoms with Crippen LogP contribution >= 0.6 is 12.6 Å². The van der Waals surface area contributed by atoms with Crippen LogP contribution in [0.25, 0.3) is 10.8 Å². The first-order valence-corrected chi connectivity index (χ1v) is 8.92. The lowest BCUT2D eigenvalue weighted by Gasteiger charge is -2.29. The predicted octanol–water partition coefficient (Wildman–Crippen LogP) is 5.32. The van der Waals surface area contributed by atoms with Gasteiger partial charge in [-0.3, -0.25) is 4.79 Å². The van der Waals surface area contributed by atoms with Crippen LogP contribution in [0.5, 0.6) is 11.5 Å². The molecule has 0 heterocycles. The molecule has 0 aliphatic carbocycles. The molecular weight excluding hydrogens is 332 g/mol. The second-order valence-corrected chi connectivity index (χ2v) is 7.92. The summed E-state index contributed by atoms with van der Waals surface area (Å²) in [4.78, 5) is 11.0. The molecule has 1 atom stereocenters. The number of phenols is 1. The van der Waals surface area contributed by atoms with E-state index in [1.165, 1.54) is 5.57 Å². The lowest BCUT2D eigenvalue weighted by Crippen LogP contribution is -2.19. The van der Waals surface area contributed by atoms with Crippen molar-refractivity contribution in [1.29, 1.82) is 0 Å². The van der Waals surface area contributed by atoms with Gasteiger partial charge in [0.25, 0.3) is 6.47 Å². The SMILES string of the molecule is C/C(=C\CC(C)(C)c1c(C)c(OC=O)c2ccccc2c1O)C(C)S. The molecule has 2 aromatic rings. The van der Waals surface area contributed by atoms with Crippen LogP contribution in [-0.4, -0.2) is 16.8 Å². The summed E-state index contributed by atoms with van der Waals surface area (Å²) < 4.78 is 5.29. The summed E-state index contributed by atoms with van der Waals surface area (Å²) in [6, 6.07) is 7.43. The molecule has 2 aromatic carbocycles. The first-order chi connectivity index (χ1) is 11.7. The minimum Gasteiger partial charge on any atom is -0.507 e. The normalized spacial score (nSPS) is 13.8. The highest BCUT2D eigenvalue weighted by Crippen LogP contribution is 2.46. The van der Waals surface area contributed by atoms with Crippen molar-refractivity contribution in [3.05, 3.63) is 47.0 Å². The van der Waals surface area contributed by atoms with E-state index < -0.39 is 0 Å². The minimum absolute atomic E-state index is 0.191. The van der Waals surface area contributed by atoms with Crippen LogP contribution in [-0.2, 0) is 10.2 Å². The standard InChI is InChI=1S/C21H26O3S/c1-13(15(3)25)10-11-21(4,5)18-14(2)20(24-12-22)17-9-7-6-8-16(17)19(18)23/h6-10,12,15,23,25H,11H2,1-5H3/b13-10+. The Labute approximate surface area is 155 Å². The van der Waals surface area contributed by atoms with Crippen LogP contribution in [0.2, 0.25) is 0 Å². The van der Waals surface area contributed by atoms with Crippen molar-refractivity contribution in [2.24, 2.45) is 0 Å². The van der Waals surface area contributed by atoms with E-state index in [0.717, 1.165) is 22.9 Å². The minimum atomic E-state index is -0.330. The Morgan fingerprint density at radius 3 is 2.48 bits per heavy atom. The molecule has 0 bridgehead atoms. The summed E-state index contributed by atoms with van der Waals surface area (Å²) in [6.45, 7) is 10.6. The molecule has 4 heteroatoms. The average Bonchev–Trinajstić information content (AvgIpc) is 2.56. The zero-order chi connectivity index (χ0) is 18.8. The van der Waals surface area contributed by atoms with Gasteiger partial charge < -0.3 is 9.84 Å². The fraction of sp³-hybridized carbons (Fsp3) is 0.381. The number of hydrogen-bond donors (Lipinski definition) is 2. The molecule has 0 aliphatic rings. The topological polar surface area (TPSA) is 46.5 Å². The number of rotatable bonds is 6. The number of benzene rings is 2. The third-order valence-corrected chi connectivity index (χ3v) is 5.22. The number of ether oxygens (including phenoxy) is 1. The summed E-state index contributed by atoms with van der Waals surface area (Å²) in [5, 5.41) is 12.6. The van der Waals surface area contributed by atoms with Gasteiger partial charge >= 0.3 is 0 Å². The van der Waals surface area contributed by atoms with E-state index in [2.05, 4.69) is 39.5 Å². The van der Waals surface area contributed by atoms with Gasteiger partial charge in [-0.05, 0) is 38.2 Å². The van der Waals surface area contributed by atoms with Crippen molar-refractivity contribution in [3.63, 3.8) is 0 Å². The maximum atomic E-state index is 11.0. The van der Waals surface area contributed by atoms with Crippen molar-refractivity contribution in [2.45, 2.75) is 51.7 Å². The van der Waals surface area contributed by atoms with Gasteiger partial charge in [-0.25, -0.2) is 0 Å². The Morgan fingerprint density at radius 2 is 1.92 bits per heavy atom. The molecule has 1 unspecified atom stereocenters. The van der Waals surface area contributed by atoms with Crippen LogP contribution in [0, 0.1) is 6.92 Å². The second kappa shape index (κ2) is 7.52. The van der Waals surface area contributed by atoms with Gasteiger partial charge in [0.2, 0.25) is 0 Å². The van der Waals surface area contributed by atoms with E-state index in [1.807, 2.05) is 38.1 Å². The number of thiol groups is 1. The highest BCUT2D eigenvalue weighted by Gasteiger charge is 2.29. The second-order valence-electron chi connectivity index (χ2n) is 7.15. The molecule has 0 radical (unpaired) electrons. The first kappa shape index (κ1) is 19.4.